The number of halogens is 2. The van der Waals surface area contributed by atoms with Crippen LogP contribution >= 0.6 is 11.3 Å². The lowest BCUT2D eigenvalue weighted by atomic mass is 10.0. The Hall–Kier alpha value is -2.82. The number of aromatic amines is 1. The number of thiazole rings is 1. The summed E-state index contributed by atoms with van der Waals surface area (Å²) >= 11 is 1.07. The summed E-state index contributed by atoms with van der Waals surface area (Å²) in [6, 6.07) is 6.57. The van der Waals surface area contributed by atoms with Gasteiger partial charge < -0.3 is 26.5 Å². The first-order chi connectivity index (χ1) is 15.3. The number of carbonyl (C=O) groups is 1. The van der Waals surface area contributed by atoms with Gasteiger partial charge in [-0.2, -0.15) is 0 Å². The number of hydrogen-bond donors (Lipinski definition) is 5. The highest BCUT2D eigenvalue weighted by molar-refractivity contribution is 7.16. The molecule has 1 unspecified atom stereocenters. The zero-order valence-corrected chi connectivity index (χ0v) is 18.2. The van der Waals surface area contributed by atoms with Crippen molar-refractivity contribution in [2.75, 3.05) is 19.6 Å². The largest absolute Gasteiger partial charge is 0.506 e. The second kappa shape index (κ2) is 11.2. The van der Waals surface area contributed by atoms with Gasteiger partial charge in [0.1, 0.15) is 22.9 Å². The molecule has 1 atom stereocenters. The zero-order chi connectivity index (χ0) is 23.1. The van der Waals surface area contributed by atoms with E-state index in [9.17, 15) is 23.5 Å². The van der Waals surface area contributed by atoms with E-state index in [-0.39, 0.29) is 34.9 Å². The summed E-state index contributed by atoms with van der Waals surface area (Å²) in [5, 5.41) is 15.8. The maximum Gasteiger partial charge on any atom is 0.305 e. The molecule has 172 valence electrons. The first kappa shape index (κ1) is 23.8. The summed E-state index contributed by atoms with van der Waals surface area (Å²) in [4.78, 5) is 26.0. The summed E-state index contributed by atoms with van der Waals surface area (Å²) in [6.45, 7) is 1.59. The molecule has 0 bridgehead atoms. The van der Waals surface area contributed by atoms with E-state index in [4.69, 9.17) is 5.73 Å². The van der Waals surface area contributed by atoms with Gasteiger partial charge in [0.25, 0.3) is 0 Å². The minimum atomic E-state index is -0.605. The van der Waals surface area contributed by atoms with E-state index in [1.54, 1.807) is 12.1 Å². The molecule has 32 heavy (non-hydrogen) atoms. The number of aromatic nitrogens is 1. The van der Waals surface area contributed by atoms with Crippen molar-refractivity contribution in [3.05, 3.63) is 62.8 Å². The molecule has 0 spiro atoms. The molecule has 0 aliphatic heterocycles. The molecule has 1 aromatic heterocycles. The lowest BCUT2D eigenvalue weighted by Gasteiger charge is -2.13. The van der Waals surface area contributed by atoms with Crippen LogP contribution in [-0.4, -0.2) is 41.7 Å². The van der Waals surface area contributed by atoms with Crippen LogP contribution in [0.15, 0.2) is 35.1 Å². The molecule has 2 aromatic carbocycles. The smallest absolute Gasteiger partial charge is 0.305 e. The highest BCUT2D eigenvalue weighted by Crippen LogP contribution is 2.27. The number of nitrogens with one attached hydrogen (secondary N) is 3. The molecule has 10 heteroatoms. The fraction of sp³-hybridized carbons (Fsp3) is 0.364. The third-order valence-corrected chi connectivity index (χ3v) is 6.07. The van der Waals surface area contributed by atoms with Crippen LogP contribution in [0, 0.1) is 11.6 Å². The van der Waals surface area contributed by atoms with E-state index >= 15 is 0 Å². The van der Waals surface area contributed by atoms with E-state index in [0.717, 1.165) is 21.6 Å². The van der Waals surface area contributed by atoms with Gasteiger partial charge in [0.15, 0.2) is 0 Å². The topological polar surface area (TPSA) is 120 Å². The predicted octanol–water partition coefficient (Wildman–Crippen LogP) is 2.17. The van der Waals surface area contributed by atoms with Gasteiger partial charge in [0.2, 0.25) is 5.91 Å². The lowest BCUT2D eigenvalue weighted by Crippen LogP contribution is -2.36. The summed E-state index contributed by atoms with van der Waals surface area (Å²) in [6.07, 6.45) is 1.18. The van der Waals surface area contributed by atoms with Crippen molar-refractivity contribution in [1.29, 1.82) is 0 Å². The summed E-state index contributed by atoms with van der Waals surface area (Å²) in [7, 11) is 0. The van der Waals surface area contributed by atoms with Crippen LogP contribution < -0.4 is 21.2 Å². The van der Waals surface area contributed by atoms with Gasteiger partial charge in [0, 0.05) is 31.1 Å². The quantitative estimate of drug-likeness (QED) is 0.279. The monoisotopic (exact) mass is 464 g/mol. The van der Waals surface area contributed by atoms with Crippen molar-refractivity contribution in [2.45, 2.75) is 31.7 Å². The van der Waals surface area contributed by atoms with Crippen molar-refractivity contribution >= 4 is 27.5 Å². The molecule has 0 fully saturated rings. The molecule has 1 heterocycles. The van der Waals surface area contributed by atoms with E-state index < -0.39 is 17.7 Å². The molecular weight excluding hydrogens is 438 g/mol. The van der Waals surface area contributed by atoms with E-state index in [0.29, 0.717) is 38.0 Å². The number of carbonyl (C=O) groups excluding carboxylic acids is 1. The Morgan fingerprint density at radius 1 is 1.12 bits per heavy atom. The Morgan fingerprint density at radius 3 is 2.62 bits per heavy atom. The normalized spacial score (nSPS) is 12.2. The minimum Gasteiger partial charge on any atom is -0.506 e. The average molecular weight is 465 g/mol. The van der Waals surface area contributed by atoms with Crippen LogP contribution in [0.4, 0.5) is 8.78 Å². The average Bonchev–Trinajstić information content (AvgIpc) is 3.14. The number of hydrogen-bond acceptors (Lipinski definition) is 6. The fourth-order valence-electron chi connectivity index (χ4n) is 3.42. The Bertz CT molecular complexity index is 1110. The van der Waals surface area contributed by atoms with Crippen LogP contribution in [0.2, 0.25) is 0 Å². The molecule has 7 nitrogen and oxygen atoms in total. The van der Waals surface area contributed by atoms with Crippen molar-refractivity contribution < 1.29 is 18.7 Å². The standard InChI is InChI=1S/C22H26F2N4O3S/c23-16-2-1-3-17(24)15(16)6-5-14(25)12-19(30)27-11-10-26-9-8-13-4-7-18(29)20-21(13)32-22(31)28-20/h1-4,7,14,26,29H,5-6,8-12,25H2,(H,27,30)(H,28,31). The first-order valence-corrected chi connectivity index (χ1v) is 11.2. The number of phenols is 1. The molecule has 1 amide bonds. The van der Waals surface area contributed by atoms with Crippen molar-refractivity contribution in [1.82, 2.24) is 15.6 Å². The minimum absolute atomic E-state index is 0.00891. The highest BCUT2D eigenvalue weighted by Gasteiger charge is 2.13. The molecule has 3 aromatic rings. The van der Waals surface area contributed by atoms with Gasteiger partial charge in [0.05, 0.1) is 4.70 Å². The van der Waals surface area contributed by atoms with Gasteiger partial charge >= 0.3 is 4.87 Å². The molecule has 0 saturated carbocycles. The van der Waals surface area contributed by atoms with E-state index in [1.807, 2.05) is 0 Å². The number of phenolic OH excluding ortho intramolecular Hbond substituents is 1. The van der Waals surface area contributed by atoms with Crippen molar-refractivity contribution in [2.24, 2.45) is 5.73 Å². The number of benzene rings is 2. The number of rotatable bonds is 11. The molecule has 0 radical (unpaired) electrons. The third kappa shape index (κ3) is 6.35. The number of nitrogens with two attached hydrogens (primary N) is 1. The zero-order valence-electron chi connectivity index (χ0n) is 17.4. The number of fused-ring (bicyclic) bond motifs is 1. The van der Waals surface area contributed by atoms with Crippen molar-refractivity contribution in [3.63, 3.8) is 0 Å². The van der Waals surface area contributed by atoms with Crippen LogP contribution in [-0.2, 0) is 17.6 Å². The van der Waals surface area contributed by atoms with Crippen LogP contribution in [0.3, 0.4) is 0 Å². The maximum atomic E-state index is 13.6. The molecule has 6 N–H and O–H groups in total. The summed E-state index contributed by atoms with van der Waals surface area (Å²) in [5.74, 6) is -1.38. The fourth-order valence-corrected chi connectivity index (χ4v) is 4.32. The van der Waals surface area contributed by atoms with E-state index in [2.05, 4.69) is 15.6 Å². The summed E-state index contributed by atoms with van der Waals surface area (Å²) in [5.41, 5.74) is 7.34. The van der Waals surface area contributed by atoms with Crippen LogP contribution in [0.5, 0.6) is 5.75 Å². The van der Waals surface area contributed by atoms with Gasteiger partial charge in [-0.25, -0.2) is 8.78 Å². The third-order valence-electron chi connectivity index (χ3n) is 5.11. The molecule has 3 rings (SSSR count). The van der Waals surface area contributed by atoms with Gasteiger partial charge in [-0.1, -0.05) is 23.5 Å². The van der Waals surface area contributed by atoms with Gasteiger partial charge in [-0.3, -0.25) is 9.59 Å². The summed E-state index contributed by atoms with van der Waals surface area (Å²) < 4.78 is 28.0. The molecule has 0 aliphatic carbocycles. The van der Waals surface area contributed by atoms with E-state index in [1.165, 1.54) is 18.2 Å². The van der Waals surface area contributed by atoms with Crippen molar-refractivity contribution in [3.8, 4) is 5.75 Å². The number of aromatic hydroxyl groups is 1. The first-order valence-electron chi connectivity index (χ1n) is 10.3. The molecule has 0 aliphatic rings. The van der Waals surface area contributed by atoms with Gasteiger partial charge in [-0.05, 0) is 49.6 Å². The Labute approximate surface area is 187 Å². The Morgan fingerprint density at radius 2 is 1.88 bits per heavy atom. The second-order valence-electron chi connectivity index (χ2n) is 7.52. The van der Waals surface area contributed by atoms with Crippen LogP contribution in [0.25, 0.3) is 10.2 Å². The Balaban J connectivity index is 1.32. The number of H-pyrrole nitrogens is 1. The lowest BCUT2D eigenvalue weighted by molar-refractivity contribution is -0.121. The number of amides is 1. The molecule has 0 saturated heterocycles. The Kier molecular flexibility index (Phi) is 8.32. The highest BCUT2D eigenvalue weighted by atomic mass is 32.1. The predicted molar refractivity (Wildman–Crippen MR) is 121 cm³/mol. The maximum absolute atomic E-state index is 13.6. The van der Waals surface area contributed by atoms with Crippen LogP contribution in [0.1, 0.15) is 24.0 Å². The second-order valence-corrected chi connectivity index (χ2v) is 8.50. The van der Waals surface area contributed by atoms with Gasteiger partial charge in [-0.15, -0.1) is 0 Å². The molecular formula is C22H26F2N4O3S. The SMILES string of the molecule is NC(CCc1c(F)cccc1F)CC(=O)NCCNCCc1ccc(O)c2[nH]c(=O)sc12.